The summed E-state index contributed by atoms with van der Waals surface area (Å²) in [6, 6.07) is 7.35. The SMILES string of the molecule is C=C/C=C(\CC)c1nc(C(N)=O)c(NC(=O)c2ccc(CNCCN(C)C)cc2)s1. The van der Waals surface area contributed by atoms with Crippen LogP contribution >= 0.6 is 11.3 Å². The Labute approximate surface area is 181 Å². The normalized spacial score (nSPS) is 11.5. The first kappa shape index (κ1) is 23.5. The molecule has 2 aromatic rings. The van der Waals surface area contributed by atoms with Crippen molar-refractivity contribution in [3.05, 3.63) is 64.8 Å². The number of amides is 2. The molecule has 0 radical (unpaired) electrons. The monoisotopic (exact) mass is 427 g/mol. The number of primary amides is 1. The standard InChI is InChI=1S/C22H29N5O2S/c1-5-7-16(6-2)21-25-18(19(23)28)22(30-21)26-20(29)17-10-8-15(9-11-17)14-24-12-13-27(3)4/h5,7-11,24H,1,6,12-14H2,2-4H3,(H2,23,28)(H,26,29)/b16-7+. The van der Waals surface area contributed by atoms with Crippen molar-refractivity contribution >= 4 is 33.7 Å². The van der Waals surface area contributed by atoms with Gasteiger partial charge in [0.05, 0.1) is 0 Å². The van der Waals surface area contributed by atoms with Gasteiger partial charge in [0.15, 0.2) is 5.69 Å². The summed E-state index contributed by atoms with van der Waals surface area (Å²) in [5.74, 6) is -0.994. The van der Waals surface area contributed by atoms with Crippen LogP contribution in [-0.4, -0.2) is 48.9 Å². The second-order valence-electron chi connectivity index (χ2n) is 6.97. The van der Waals surface area contributed by atoms with E-state index in [1.54, 1.807) is 18.2 Å². The third-order valence-corrected chi connectivity index (χ3v) is 5.39. The van der Waals surface area contributed by atoms with Crippen LogP contribution in [0.3, 0.4) is 0 Å². The fraction of sp³-hybridized carbons (Fsp3) is 0.318. The van der Waals surface area contributed by atoms with Crippen molar-refractivity contribution in [2.75, 3.05) is 32.5 Å². The van der Waals surface area contributed by atoms with Crippen molar-refractivity contribution in [1.82, 2.24) is 15.2 Å². The summed E-state index contributed by atoms with van der Waals surface area (Å²) in [6.07, 6.45) is 4.22. The number of benzene rings is 1. The average Bonchev–Trinajstić information content (AvgIpc) is 3.13. The van der Waals surface area contributed by atoms with E-state index in [0.717, 1.165) is 37.2 Å². The van der Waals surface area contributed by atoms with Crippen molar-refractivity contribution in [3.8, 4) is 0 Å². The highest BCUT2D eigenvalue weighted by molar-refractivity contribution is 7.17. The van der Waals surface area contributed by atoms with Crippen LogP contribution < -0.4 is 16.4 Å². The minimum Gasteiger partial charge on any atom is -0.364 e. The Morgan fingerprint density at radius 3 is 2.53 bits per heavy atom. The molecule has 8 heteroatoms. The fourth-order valence-corrected chi connectivity index (χ4v) is 3.74. The Balaban J connectivity index is 2.09. The van der Waals surface area contributed by atoms with Gasteiger partial charge in [-0.1, -0.05) is 49.1 Å². The summed E-state index contributed by atoms with van der Waals surface area (Å²) in [4.78, 5) is 30.9. The van der Waals surface area contributed by atoms with E-state index >= 15 is 0 Å². The Bertz CT molecular complexity index is 916. The lowest BCUT2D eigenvalue weighted by molar-refractivity contribution is 0.0997. The number of carbonyl (C=O) groups is 2. The van der Waals surface area contributed by atoms with E-state index in [0.29, 0.717) is 15.6 Å². The van der Waals surface area contributed by atoms with Crippen molar-refractivity contribution in [2.45, 2.75) is 19.9 Å². The van der Waals surface area contributed by atoms with Gasteiger partial charge >= 0.3 is 0 Å². The van der Waals surface area contributed by atoms with Crippen LogP contribution in [0.5, 0.6) is 0 Å². The molecule has 0 aliphatic heterocycles. The zero-order chi connectivity index (χ0) is 22.1. The van der Waals surface area contributed by atoms with E-state index in [1.165, 1.54) is 11.3 Å². The minimum absolute atomic E-state index is 0.0634. The lowest BCUT2D eigenvalue weighted by atomic mass is 10.1. The number of aromatic nitrogens is 1. The molecule has 7 nitrogen and oxygen atoms in total. The molecule has 0 bridgehead atoms. The maximum absolute atomic E-state index is 12.7. The van der Waals surface area contributed by atoms with E-state index in [9.17, 15) is 9.59 Å². The number of likely N-dealkylation sites (N-methyl/N-ethyl adjacent to an activating group) is 1. The molecule has 0 spiro atoms. The maximum Gasteiger partial charge on any atom is 0.270 e. The summed E-state index contributed by atoms with van der Waals surface area (Å²) < 4.78 is 0. The van der Waals surface area contributed by atoms with Crippen LogP contribution in [-0.2, 0) is 6.54 Å². The van der Waals surface area contributed by atoms with Crippen LogP contribution in [0.4, 0.5) is 5.00 Å². The second-order valence-corrected chi connectivity index (χ2v) is 7.97. The topological polar surface area (TPSA) is 100 Å². The predicted octanol–water partition coefficient (Wildman–Crippen LogP) is 3.12. The van der Waals surface area contributed by atoms with E-state index in [1.807, 2.05) is 39.2 Å². The third kappa shape index (κ3) is 6.62. The molecule has 0 saturated heterocycles. The number of rotatable bonds is 11. The van der Waals surface area contributed by atoms with Gasteiger partial charge in [0.2, 0.25) is 0 Å². The first-order valence-electron chi connectivity index (χ1n) is 9.74. The highest BCUT2D eigenvalue weighted by Crippen LogP contribution is 2.31. The zero-order valence-corrected chi connectivity index (χ0v) is 18.5. The van der Waals surface area contributed by atoms with Crippen molar-refractivity contribution in [1.29, 1.82) is 0 Å². The number of carbonyl (C=O) groups excluding carboxylic acids is 2. The second kappa shape index (κ2) is 11.4. The van der Waals surface area contributed by atoms with Gasteiger partial charge in [-0.15, -0.1) is 0 Å². The van der Waals surface area contributed by atoms with Crippen LogP contribution in [0, 0.1) is 0 Å². The number of hydrogen-bond donors (Lipinski definition) is 3. The predicted molar refractivity (Wildman–Crippen MR) is 124 cm³/mol. The number of nitrogens with one attached hydrogen (secondary N) is 2. The Morgan fingerprint density at radius 1 is 1.27 bits per heavy atom. The van der Waals surface area contributed by atoms with Gasteiger partial charge in [0.1, 0.15) is 10.0 Å². The average molecular weight is 428 g/mol. The highest BCUT2D eigenvalue weighted by Gasteiger charge is 2.19. The molecular formula is C22H29N5O2S. The van der Waals surface area contributed by atoms with Crippen LogP contribution in [0.1, 0.15) is 44.8 Å². The molecule has 0 fully saturated rings. The first-order chi connectivity index (χ1) is 14.3. The molecule has 1 heterocycles. The Morgan fingerprint density at radius 2 is 1.97 bits per heavy atom. The number of thiazole rings is 1. The van der Waals surface area contributed by atoms with Gasteiger partial charge < -0.3 is 21.3 Å². The van der Waals surface area contributed by atoms with Crippen molar-refractivity contribution < 1.29 is 9.59 Å². The summed E-state index contributed by atoms with van der Waals surface area (Å²) in [6.45, 7) is 8.26. The van der Waals surface area contributed by atoms with E-state index in [2.05, 4.69) is 27.1 Å². The maximum atomic E-state index is 12.7. The molecule has 2 rings (SSSR count). The van der Waals surface area contributed by atoms with Gasteiger partial charge in [0.25, 0.3) is 11.8 Å². The summed E-state index contributed by atoms with van der Waals surface area (Å²) in [7, 11) is 4.06. The molecule has 30 heavy (non-hydrogen) atoms. The summed E-state index contributed by atoms with van der Waals surface area (Å²) >= 11 is 1.23. The van der Waals surface area contributed by atoms with Crippen LogP contribution in [0.15, 0.2) is 43.0 Å². The molecular weight excluding hydrogens is 398 g/mol. The molecule has 4 N–H and O–H groups in total. The smallest absolute Gasteiger partial charge is 0.270 e. The Kier molecular flexibility index (Phi) is 8.91. The van der Waals surface area contributed by atoms with Crippen molar-refractivity contribution in [3.63, 3.8) is 0 Å². The minimum atomic E-state index is -0.680. The molecule has 1 aromatic heterocycles. The summed E-state index contributed by atoms with van der Waals surface area (Å²) in [5, 5.41) is 7.12. The number of allylic oxidation sites excluding steroid dienone is 3. The van der Waals surface area contributed by atoms with Gasteiger partial charge in [-0.2, -0.15) is 0 Å². The number of nitrogens with zero attached hydrogens (tertiary/aromatic N) is 2. The largest absolute Gasteiger partial charge is 0.364 e. The number of nitrogens with two attached hydrogens (primary N) is 1. The van der Waals surface area contributed by atoms with Gasteiger partial charge in [-0.25, -0.2) is 4.98 Å². The molecule has 160 valence electrons. The quantitative estimate of drug-likeness (QED) is 0.378. The summed E-state index contributed by atoms with van der Waals surface area (Å²) in [5.41, 5.74) is 8.03. The van der Waals surface area contributed by atoms with Crippen molar-refractivity contribution in [2.24, 2.45) is 5.73 Å². The van der Waals surface area contributed by atoms with E-state index < -0.39 is 5.91 Å². The molecule has 0 aliphatic rings. The lowest BCUT2D eigenvalue weighted by Crippen LogP contribution is -2.26. The Hall–Kier alpha value is -2.81. The molecule has 0 saturated carbocycles. The molecule has 0 unspecified atom stereocenters. The van der Waals surface area contributed by atoms with Crippen LogP contribution in [0.25, 0.3) is 5.57 Å². The van der Waals surface area contributed by atoms with Gasteiger partial charge in [0, 0.05) is 25.2 Å². The number of hydrogen-bond acceptors (Lipinski definition) is 6. The first-order valence-corrected chi connectivity index (χ1v) is 10.6. The highest BCUT2D eigenvalue weighted by atomic mass is 32.1. The third-order valence-electron chi connectivity index (χ3n) is 4.34. The lowest BCUT2D eigenvalue weighted by Gasteiger charge is -2.10. The molecule has 0 atom stereocenters. The number of anilines is 1. The zero-order valence-electron chi connectivity index (χ0n) is 17.7. The fourth-order valence-electron chi connectivity index (χ4n) is 2.68. The van der Waals surface area contributed by atoms with E-state index in [-0.39, 0.29) is 11.6 Å². The molecule has 0 aliphatic carbocycles. The van der Waals surface area contributed by atoms with Gasteiger partial charge in [-0.3, -0.25) is 9.59 Å². The van der Waals surface area contributed by atoms with E-state index in [4.69, 9.17) is 5.73 Å². The van der Waals surface area contributed by atoms with Crippen LogP contribution in [0.2, 0.25) is 0 Å². The molecule has 2 amide bonds. The molecule has 1 aromatic carbocycles. The van der Waals surface area contributed by atoms with Gasteiger partial charge in [-0.05, 0) is 43.8 Å².